The molecule has 2 N–H and O–H groups in total. The van der Waals surface area contributed by atoms with Crippen LogP contribution >= 0.6 is 0 Å². The summed E-state index contributed by atoms with van der Waals surface area (Å²) in [6.45, 7) is 1.73. The first kappa shape index (κ1) is 18.1. The number of carbonyl (C=O) groups is 1. The Kier molecular flexibility index (Phi) is 3.89. The summed E-state index contributed by atoms with van der Waals surface area (Å²) in [7, 11) is 0. The number of carbonyl (C=O) groups excluding carboxylic acids is 1. The van der Waals surface area contributed by atoms with Gasteiger partial charge in [-0.15, -0.1) is 0 Å². The van der Waals surface area contributed by atoms with Crippen molar-refractivity contribution in [1.82, 2.24) is 24.4 Å². The van der Waals surface area contributed by atoms with E-state index in [0.29, 0.717) is 42.1 Å². The first-order valence-electron chi connectivity index (χ1n) is 10.4. The molecule has 0 saturated carbocycles. The number of H-pyrrole nitrogens is 2. The number of pyridine rings is 1. The normalized spacial score (nSPS) is 20.1. The second-order valence-corrected chi connectivity index (χ2v) is 8.45. The molecule has 7 nitrogen and oxygen atoms in total. The zero-order valence-electron chi connectivity index (χ0n) is 16.6. The predicted octanol–water partition coefficient (Wildman–Crippen LogP) is 3.12. The van der Waals surface area contributed by atoms with Crippen molar-refractivity contribution in [3.8, 4) is 11.4 Å². The zero-order chi connectivity index (χ0) is 21.1. The number of nitrogens with zero attached hydrogens (tertiary/aromatic N) is 3. The van der Waals surface area contributed by atoms with Gasteiger partial charge in [0, 0.05) is 54.5 Å². The Hall–Kier alpha value is -3.68. The minimum atomic E-state index is -0.325. The molecule has 3 aromatic heterocycles. The molecule has 0 spiro atoms. The van der Waals surface area contributed by atoms with Crippen molar-refractivity contribution in [2.75, 3.05) is 13.1 Å². The van der Waals surface area contributed by atoms with E-state index < -0.39 is 0 Å². The van der Waals surface area contributed by atoms with Gasteiger partial charge in [0.05, 0.1) is 5.56 Å². The molecule has 0 radical (unpaired) electrons. The predicted molar refractivity (Wildman–Crippen MR) is 113 cm³/mol. The summed E-state index contributed by atoms with van der Waals surface area (Å²) in [6, 6.07) is 9.96. The Bertz CT molecular complexity index is 1370. The number of benzene rings is 1. The Balaban J connectivity index is 1.31. The van der Waals surface area contributed by atoms with Crippen molar-refractivity contribution in [2.24, 2.45) is 5.92 Å². The molecule has 2 aliphatic heterocycles. The Morgan fingerprint density at radius 3 is 2.87 bits per heavy atom. The molecule has 1 fully saturated rings. The Morgan fingerprint density at radius 1 is 1.13 bits per heavy atom. The molecule has 6 rings (SSSR count). The van der Waals surface area contributed by atoms with Crippen molar-refractivity contribution in [2.45, 2.75) is 18.9 Å². The molecule has 156 valence electrons. The monoisotopic (exact) mass is 417 g/mol. The number of rotatable bonds is 2. The lowest BCUT2D eigenvalue weighted by atomic mass is 9.83. The van der Waals surface area contributed by atoms with E-state index in [2.05, 4.69) is 15.0 Å². The summed E-state index contributed by atoms with van der Waals surface area (Å²) in [4.78, 5) is 38.5. The highest BCUT2D eigenvalue weighted by molar-refractivity contribution is 5.98. The largest absolute Gasteiger partial charge is 0.351 e. The fraction of sp³-hybridized carbons (Fsp3) is 0.261. The number of fused-ring (bicyclic) bond motifs is 5. The molecular formula is C23H20FN5O2. The van der Waals surface area contributed by atoms with Gasteiger partial charge in [-0.1, -0.05) is 0 Å². The highest BCUT2D eigenvalue weighted by Gasteiger charge is 2.37. The fourth-order valence-corrected chi connectivity index (χ4v) is 5.09. The number of piperidine rings is 1. The molecule has 5 heterocycles. The van der Waals surface area contributed by atoms with Crippen LogP contribution in [0.5, 0.6) is 0 Å². The van der Waals surface area contributed by atoms with Gasteiger partial charge in [-0.2, -0.15) is 0 Å². The van der Waals surface area contributed by atoms with Gasteiger partial charge in [-0.05, 0) is 48.7 Å². The maximum absolute atomic E-state index is 13.5. The SMILES string of the molecule is O=C(c1cc2cc(F)ccc2[nH]1)N1C[C@@H]2C[C@H](C1)c1ccc(-c3ncc[nH]3)c(=O)n1C2. The highest BCUT2D eigenvalue weighted by atomic mass is 19.1. The summed E-state index contributed by atoms with van der Waals surface area (Å²) < 4.78 is 15.4. The van der Waals surface area contributed by atoms with Crippen LogP contribution in [0.25, 0.3) is 22.3 Å². The minimum Gasteiger partial charge on any atom is -0.351 e. The van der Waals surface area contributed by atoms with Crippen LogP contribution in [-0.2, 0) is 6.54 Å². The minimum absolute atomic E-state index is 0.0421. The first-order valence-corrected chi connectivity index (χ1v) is 10.4. The molecule has 2 bridgehead atoms. The lowest BCUT2D eigenvalue weighted by Gasteiger charge is -2.42. The number of aromatic amines is 2. The number of halogens is 1. The van der Waals surface area contributed by atoms with E-state index in [9.17, 15) is 14.0 Å². The lowest BCUT2D eigenvalue weighted by Crippen LogP contribution is -2.49. The van der Waals surface area contributed by atoms with Crippen molar-refractivity contribution in [3.05, 3.63) is 76.4 Å². The number of hydrogen-bond acceptors (Lipinski definition) is 3. The maximum atomic E-state index is 13.5. The van der Waals surface area contributed by atoms with Gasteiger partial charge < -0.3 is 19.4 Å². The molecule has 4 aromatic rings. The van der Waals surface area contributed by atoms with E-state index in [-0.39, 0.29) is 29.1 Å². The smallest absolute Gasteiger partial charge is 0.270 e. The average molecular weight is 417 g/mol. The fourth-order valence-electron chi connectivity index (χ4n) is 5.09. The number of likely N-dealkylation sites (tertiary alicyclic amines) is 1. The van der Waals surface area contributed by atoms with E-state index in [1.807, 2.05) is 21.6 Å². The van der Waals surface area contributed by atoms with Crippen LogP contribution in [0.4, 0.5) is 4.39 Å². The molecular weight excluding hydrogens is 397 g/mol. The standard InChI is InChI=1S/C23H20FN5O2/c24-16-1-3-18-14(8-16)9-19(27-18)23(31)28-10-13-7-15(12-28)20-4-2-17(21-25-5-6-26-21)22(30)29(20)11-13/h1-6,8-9,13,15,27H,7,10-12H2,(H,25,26)/t13-,15+/m0/s1. The van der Waals surface area contributed by atoms with Gasteiger partial charge in [-0.25, -0.2) is 9.37 Å². The Labute approximate surface area is 176 Å². The second-order valence-electron chi connectivity index (χ2n) is 8.45. The Morgan fingerprint density at radius 2 is 2.03 bits per heavy atom. The summed E-state index contributed by atoms with van der Waals surface area (Å²) in [5.74, 6) is 0.476. The third kappa shape index (κ3) is 2.90. The molecule has 2 aliphatic rings. The molecule has 0 unspecified atom stereocenters. The van der Waals surface area contributed by atoms with Crippen LogP contribution in [0.15, 0.2) is 53.6 Å². The van der Waals surface area contributed by atoms with E-state index in [4.69, 9.17) is 0 Å². The third-order valence-corrected chi connectivity index (χ3v) is 6.46. The van der Waals surface area contributed by atoms with Gasteiger partial charge in [0.25, 0.3) is 11.5 Å². The van der Waals surface area contributed by atoms with Gasteiger partial charge in [-0.3, -0.25) is 9.59 Å². The maximum Gasteiger partial charge on any atom is 0.270 e. The van der Waals surface area contributed by atoms with Gasteiger partial charge >= 0.3 is 0 Å². The lowest BCUT2D eigenvalue weighted by molar-refractivity contribution is 0.0590. The summed E-state index contributed by atoms with van der Waals surface area (Å²) in [5.41, 5.74) is 2.69. The van der Waals surface area contributed by atoms with Crippen molar-refractivity contribution >= 4 is 16.8 Å². The van der Waals surface area contributed by atoms with Crippen molar-refractivity contribution in [1.29, 1.82) is 0 Å². The highest BCUT2D eigenvalue weighted by Crippen LogP contribution is 2.36. The van der Waals surface area contributed by atoms with Crippen LogP contribution in [0, 0.1) is 11.7 Å². The van der Waals surface area contributed by atoms with Crippen LogP contribution in [-0.4, -0.2) is 43.4 Å². The van der Waals surface area contributed by atoms with E-state index >= 15 is 0 Å². The number of imidazole rings is 1. The van der Waals surface area contributed by atoms with Crippen LogP contribution in [0.2, 0.25) is 0 Å². The van der Waals surface area contributed by atoms with Crippen molar-refractivity contribution in [3.63, 3.8) is 0 Å². The molecule has 1 saturated heterocycles. The zero-order valence-corrected chi connectivity index (χ0v) is 16.6. The van der Waals surface area contributed by atoms with Crippen LogP contribution in [0.3, 0.4) is 0 Å². The van der Waals surface area contributed by atoms with Crippen LogP contribution < -0.4 is 5.56 Å². The average Bonchev–Trinajstić information content (AvgIpc) is 3.43. The molecule has 8 heteroatoms. The number of hydrogen-bond donors (Lipinski definition) is 2. The van der Waals surface area contributed by atoms with E-state index in [1.165, 1.54) is 12.1 Å². The topological polar surface area (TPSA) is 86.8 Å². The summed E-state index contributed by atoms with van der Waals surface area (Å²) in [5, 5.41) is 0.683. The number of amides is 1. The van der Waals surface area contributed by atoms with Crippen LogP contribution in [0.1, 0.15) is 28.5 Å². The quantitative estimate of drug-likeness (QED) is 0.525. The molecule has 1 amide bonds. The third-order valence-electron chi connectivity index (χ3n) is 6.46. The number of nitrogens with one attached hydrogen (secondary N) is 2. The van der Waals surface area contributed by atoms with E-state index in [1.54, 1.807) is 24.5 Å². The summed E-state index contributed by atoms with van der Waals surface area (Å²) in [6.07, 6.45) is 4.30. The molecule has 0 aliphatic carbocycles. The van der Waals surface area contributed by atoms with Gasteiger partial charge in [0.2, 0.25) is 0 Å². The first-order chi connectivity index (χ1) is 15.1. The van der Waals surface area contributed by atoms with Crippen molar-refractivity contribution < 1.29 is 9.18 Å². The molecule has 1 aromatic carbocycles. The second kappa shape index (κ2) is 6.66. The molecule has 31 heavy (non-hydrogen) atoms. The van der Waals surface area contributed by atoms with E-state index in [0.717, 1.165) is 17.6 Å². The number of aromatic nitrogens is 4. The van der Waals surface area contributed by atoms with Gasteiger partial charge in [0.1, 0.15) is 17.3 Å². The summed E-state index contributed by atoms with van der Waals surface area (Å²) >= 11 is 0. The van der Waals surface area contributed by atoms with Gasteiger partial charge in [0.15, 0.2) is 0 Å². The molecule has 2 atom stereocenters.